The van der Waals surface area contributed by atoms with Gasteiger partial charge in [-0.25, -0.2) is 0 Å². The van der Waals surface area contributed by atoms with Gasteiger partial charge < -0.3 is 0 Å². The predicted molar refractivity (Wildman–Crippen MR) is 62.5 cm³/mol. The second-order valence-electron chi connectivity index (χ2n) is 4.94. The van der Waals surface area contributed by atoms with Gasteiger partial charge in [0, 0.05) is 31.2 Å². The number of nitrogens with zero attached hydrogens (tertiary/aromatic N) is 3. The van der Waals surface area contributed by atoms with E-state index < -0.39 is 0 Å². The van der Waals surface area contributed by atoms with E-state index in [4.69, 9.17) is 5.26 Å². The van der Waals surface area contributed by atoms with Crippen LogP contribution in [0.4, 0.5) is 0 Å². The molecule has 1 saturated heterocycles. The van der Waals surface area contributed by atoms with Crippen molar-refractivity contribution in [2.24, 2.45) is 0 Å². The Morgan fingerprint density at radius 1 is 1.60 bits per heavy atom. The Hall–Kier alpha value is -0.850. The van der Waals surface area contributed by atoms with Gasteiger partial charge in [-0.15, -0.1) is 6.58 Å². The topological polar surface area (TPSA) is 30.3 Å². The predicted octanol–water partition coefficient (Wildman–Crippen LogP) is 1.48. The summed E-state index contributed by atoms with van der Waals surface area (Å²) in [6, 6.07) is 2.63. The van der Waals surface area contributed by atoms with Gasteiger partial charge in [0.25, 0.3) is 0 Å². The lowest BCUT2D eigenvalue weighted by Crippen LogP contribution is -2.62. The largest absolute Gasteiger partial charge is 0.299 e. The lowest BCUT2D eigenvalue weighted by atomic mass is 9.95. The van der Waals surface area contributed by atoms with E-state index in [0.29, 0.717) is 12.5 Å². The van der Waals surface area contributed by atoms with Crippen LogP contribution in [-0.4, -0.2) is 48.1 Å². The van der Waals surface area contributed by atoms with E-state index in [1.807, 2.05) is 6.08 Å². The number of hydrogen-bond acceptors (Lipinski definition) is 3. The first kappa shape index (κ1) is 12.2. The van der Waals surface area contributed by atoms with E-state index in [1.165, 1.54) is 0 Å². The van der Waals surface area contributed by atoms with Gasteiger partial charge in [-0.1, -0.05) is 6.08 Å². The molecule has 1 unspecified atom stereocenters. The van der Waals surface area contributed by atoms with Gasteiger partial charge in [0.15, 0.2) is 0 Å². The SMILES string of the molecule is C=CCN1CC(CC#N)N(C)CC1(C)C. The number of nitriles is 1. The molecule has 1 aliphatic rings. The van der Waals surface area contributed by atoms with Crippen LogP contribution in [0.25, 0.3) is 0 Å². The Bertz CT molecular complexity index is 265. The van der Waals surface area contributed by atoms with Gasteiger partial charge in [0.1, 0.15) is 0 Å². The lowest BCUT2D eigenvalue weighted by molar-refractivity contribution is 0.00473. The number of hydrogen-bond donors (Lipinski definition) is 0. The second kappa shape index (κ2) is 4.78. The Morgan fingerprint density at radius 3 is 2.80 bits per heavy atom. The van der Waals surface area contributed by atoms with Gasteiger partial charge in [0.2, 0.25) is 0 Å². The monoisotopic (exact) mass is 207 g/mol. The molecule has 1 rings (SSSR count). The minimum Gasteiger partial charge on any atom is -0.299 e. The van der Waals surface area contributed by atoms with Crippen LogP contribution in [0.1, 0.15) is 20.3 Å². The summed E-state index contributed by atoms with van der Waals surface area (Å²) < 4.78 is 0. The highest BCUT2D eigenvalue weighted by Gasteiger charge is 2.36. The molecule has 15 heavy (non-hydrogen) atoms. The zero-order valence-corrected chi connectivity index (χ0v) is 10.0. The molecule has 0 aromatic rings. The van der Waals surface area contributed by atoms with Crippen molar-refractivity contribution in [3.63, 3.8) is 0 Å². The summed E-state index contributed by atoms with van der Waals surface area (Å²) in [4.78, 5) is 4.70. The van der Waals surface area contributed by atoms with E-state index in [9.17, 15) is 0 Å². The molecule has 3 heteroatoms. The third kappa shape index (κ3) is 2.80. The molecule has 0 aromatic carbocycles. The summed E-state index contributed by atoms with van der Waals surface area (Å²) in [5.41, 5.74) is 0.175. The van der Waals surface area contributed by atoms with Crippen molar-refractivity contribution < 1.29 is 0 Å². The molecule has 0 aliphatic carbocycles. The molecular weight excluding hydrogens is 186 g/mol. The van der Waals surface area contributed by atoms with Crippen LogP contribution in [0.3, 0.4) is 0 Å². The maximum atomic E-state index is 8.77. The fourth-order valence-electron chi connectivity index (χ4n) is 2.28. The van der Waals surface area contributed by atoms with Crippen molar-refractivity contribution in [2.45, 2.75) is 31.8 Å². The van der Waals surface area contributed by atoms with Gasteiger partial charge in [-0.3, -0.25) is 9.80 Å². The normalized spacial score (nSPS) is 27.2. The van der Waals surface area contributed by atoms with Crippen molar-refractivity contribution >= 4 is 0 Å². The maximum absolute atomic E-state index is 8.77. The van der Waals surface area contributed by atoms with Crippen LogP contribution < -0.4 is 0 Å². The zero-order valence-electron chi connectivity index (χ0n) is 10.0. The summed E-state index contributed by atoms with van der Waals surface area (Å²) in [6.07, 6.45) is 2.55. The molecule has 0 aromatic heterocycles. The van der Waals surface area contributed by atoms with Crippen LogP contribution >= 0.6 is 0 Å². The second-order valence-corrected chi connectivity index (χ2v) is 4.94. The van der Waals surface area contributed by atoms with Gasteiger partial charge in [-0.05, 0) is 20.9 Å². The summed E-state index contributed by atoms with van der Waals surface area (Å²) in [5.74, 6) is 0. The Kier molecular flexibility index (Phi) is 3.90. The highest BCUT2D eigenvalue weighted by Crippen LogP contribution is 2.24. The highest BCUT2D eigenvalue weighted by molar-refractivity contribution is 4.98. The fraction of sp³-hybridized carbons (Fsp3) is 0.750. The van der Waals surface area contributed by atoms with Crippen molar-refractivity contribution in [3.05, 3.63) is 12.7 Å². The maximum Gasteiger partial charge on any atom is 0.0638 e. The average Bonchev–Trinajstić information content (AvgIpc) is 2.13. The van der Waals surface area contributed by atoms with E-state index in [2.05, 4.69) is 43.3 Å². The van der Waals surface area contributed by atoms with Crippen molar-refractivity contribution in [3.8, 4) is 6.07 Å². The van der Waals surface area contributed by atoms with E-state index in [-0.39, 0.29) is 5.54 Å². The Balaban J connectivity index is 2.71. The number of piperazine rings is 1. The van der Waals surface area contributed by atoms with Crippen LogP contribution in [-0.2, 0) is 0 Å². The lowest BCUT2D eigenvalue weighted by Gasteiger charge is -2.49. The molecule has 3 nitrogen and oxygen atoms in total. The van der Waals surface area contributed by atoms with Gasteiger partial charge >= 0.3 is 0 Å². The molecule has 0 radical (unpaired) electrons. The first-order valence-corrected chi connectivity index (χ1v) is 5.44. The van der Waals surface area contributed by atoms with Crippen molar-refractivity contribution in [2.75, 3.05) is 26.7 Å². The third-order valence-electron chi connectivity index (χ3n) is 3.22. The number of likely N-dealkylation sites (N-methyl/N-ethyl adjacent to an activating group) is 1. The van der Waals surface area contributed by atoms with Crippen LogP contribution in [0.15, 0.2) is 12.7 Å². The fourth-order valence-corrected chi connectivity index (χ4v) is 2.28. The Morgan fingerprint density at radius 2 is 2.27 bits per heavy atom. The zero-order chi connectivity index (χ0) is 11.5. The van der Waals surface area contributed by atoms with Crippen LogP contribution in [0.5, 0.6) is 0 Å². The molecule has 0 N–H and O–H groups in total. The third-order valence-corrected chi connectivity index (χ3v) is 3.22. The van der Waals surface area contributed by atoms with Crippen molar-refractivity contribution in [1.29, 1.82) is 5.26 Å². The van der Waals surface area contributed by atoms with Gasteiger partial charge in [-0.2, -0.15) is 5.26 Å². The molecule has 0 bridgehead atoms. The van der Waals surface area contributed by atoms with Crippen molar-refractivity contribution in [1.82, 2.24) is 9.80 Å². The molecular formula is C12H21N3. The van der Waals surface area contributed by atoms with E-state index in [0.717, 1.165) is 19.6 Å². The van der Waals surface area contributed by atoms with E-state index in [1.54, 1.807) is 0 Å². The summed E-state index contributed by atoms with van der Waals surface area (Å²) >= 11 is 0. The highest BCUT2D eigenvalue weighted by atomic mass is 15.3. The Labute approximate surface area is 93.0 Å². The van der Waals surface area contributed by atoms with Gasteiger partial charge in [0.05, 0.1) is 12.5 Å². The number of rotatable bonds is 3. The molecule has 0 spiro atoms. The molecule has 84 valence electrons. The molecule has 1 heterocycles. The molecule has 0 amide bonds. The van der Waals surface area contributed by atoms with Crippen LogP contribution in [0, 0.1) is 11.3 Å². The molecule has 0 saturated carbocycles. The molecule has 1 aliphatic heterocycles. The quantitative estimate of drug-likeness (QED) is 0.657. The first-order chi connectivity index (χ1) is 7.01. The van der Waals surface area contributed by atoms with Crippen LogP contribution in [0.2, 0.25) is 0 Å². The summed E-state index contributed by atoms with van der Waals surface area (Å²) in [6.45, 7) is 11.2. The molecule has 1 atom stereocenters. The molecule has 1 fully saturated rings. The summed E-state index contributed by atoms with van der Waals surface area (Å²) in [7, 11) is 2.11. The average molecular weight is 207 g/mol. The minimum absolute atomic E-state index is 0.175. The standard InChI is InChI=1S/C12H21N3/c1-5-8-15-9-11(6-7-13)14(4)10-12(15,2)3/h5,11H,1,6,8-10H2,2-4H3. The minimum atomic E-state index is 0.175. The first-order valence-electron chi connectivity index (χ1n) is 5.44. The smallest absolute Gasteiger partial charge is 0.0638 e. The summed E-state index contributed by atoms with van der Waals surface area (Å²) in [5, 5.41) is 8.77. The van der Waals surface area contributed by atoms with E-state index >= 15 is 0 Å².